The van der Waals surface area contributed by atoms with Gasteiger partial charge in [0, 0.05) is 36.2 Å². The Bertz CT molecular complexity index is 533. The van der Waals surface area contributed by atoms with Crippen LogP contribution in [0.1, 0.15) is 24.5 Å². The summed E-state index contributed by atoms with van der Waals surface area (Å²) in [7, 11) is 3.86. The standard InChI is InChI=1S/C16H24Cl2N4O/c1-19-16(20-9-14-4-3-5-22(14)2)21-10-15(23)11-6-12(17)8-13(18)7-11/h6-8,14-15,23H,3-5,9-10H2,1-2H3,(H2,19,20,21). The van der Waals surface area contributed by atoms with Gasteiger partial charge in [0.15, 0.2) is 5.96 Å². The van der Waals surface area contributed by atoms with Gasteiger partial charge in [-0.05, 0) is 50.2 Å². The summed E-state index contributed by atoms with van der Waals surface area (Å²) in [5, 5.41) is 17.7. The summed E-state index contributed by atoms with van der Waals surface area (Å²) >= 11 is 11.9. The number of benzene rings is 1. The molecule has 3 N–H and O–H groups in total. The van der Waals surface area contributed by atoms with Crippen molar-refractivity contribution in [1.29, 1.82) is 0 Å². The molecule has 1 fully saturated rings. The summed E-state index contributed by atoms with van der Waals surface area (Å²) in [5.41, 5.74) is 0.681. The predicted octanol–water partition coefficient (Wildman–Crippen LogP) is 2.29. The molecule has 0 aromatic heterocycles. The number of hydrogen-bond donors (Lipinski definition) is 3. The molecule has 1 saturated heterocycles. The minimum Gasteiger partial charge on any atom is -0.387 e. The van der Waals surface area contributed by atoms with Gasteiger partial charge in [-0.2, -0.15) is 0 Å². The lowest BCUT2D eigenvalue weighted by atomic mass is 10.1. The van der Waals surface area contributed by atoms with E-state index in [1.165, 1.54) is 12.8 Å². The Balaban J connectivity index is 1.82. The number of aliphatic imine (C=N–C) groups is 1. The smallest absolute Gasteiger partial charge is 0.191 e. The minimum atomic E-state index is -0.709. The number of halogens is 2. The van der Waals surface area contributed by atoms with Gasteiger partial charge in [-0.3, -0.25) is 4.99 Å². The number of likely N-dealkylation sites (N-methyl/N-ethyl adjacent to an activating group) is 1. The number of rotatable bonds is 5. The van der Waals surface area contributed by atoms with Crippen molar-refractivity contribution in [2.45, 2.75) is 25.0 Å². The fourth-order valence-corrected chi connectivity index (χ4v) is 3.29. The van der Waals surface area contributed by atoms with Gasteiger partial charge in [-0.1, -0.05) is 23.2 Å². The van der Waals surface area contributed by atoms with Crippen LogP contribution in [0, 0.1) is 0 Å². The molecule has 1 heterocycles. The average molecular weight is 359 g/mol. The van der Waals surface area contributed by atoms with Crippen LogP contribution in [0.25, 0.3) is 0 Å². The molecule has 0 bridgehead atoms. The molecule has 0 spiro atoms. The summed E-state index contributed by atoms with van der Waals surface area (Å²) in [6, 6.07) is 5.60. The Labute approximate surface area is 147 Å². The van der Waals surface area contributed by atoms with Crippen LogP contribution in [-0.2, 0) is 0 Å². The van der Waals surface area contributed by atoms with E-state index in [0.717, 1.165) is 13.1 Å². The molecule has 0 radical (unpaired) electrons. The largest absolute Gasteiger partial charge is 0.387 e. The maximum atomic E-state index is 10.3. The third-order valence-electron chi connectivity index (χ3n) is 4.13. The Morgan fingerprint density at radius 3 is 2.61 bits per heavy atom. The van der Waals surface area contributed by atoms with Crippen molar-refractivity contribution >= 4 is 29.2 Å². The lowest BCUT2D eigenvalue weighted by Crippen LogP contribution is -2.44. The number of likely N-dealkylation sites (tertiary alicyclic amines) is 1. The molecule has 1 aromatic carbocycles. The van der Waals surface area contributed by atoms with Crippen molar-refractivity contribution in [3.8, 4) is 0 Å². The second-order valence-electron chi connectivity index (χ2n) is 5.83. The first-order valence-electron chi connectivity index (χ1n) is 7.78. The van der Waals surface area contributed by atoms with E-state index in [9.17, 15) is 5.11 Å². The van der Waals surface area contributed by atoms with Crippen molar-refractivity contribution < 1.29 is 5.11 Å². The van der Waals surface area contributed by atoms with Gasteiger partial charge in [-0.15, -0.1) is 0 Å². The Morgan fingerprint density at radius 1 is 1.35 bits per heavy atom. The molecule has 23 heavy (non-hydrogen) atoms. The highest BCUT2D eigenvalue weighted by Crippen LogP contribution is 2.23. The van der Waals surface area contributed by atoms with Gasteiger partial charge in [0.25, 0.3) is 0 Å². The van der Waals surface area contributed by atoms with Crippen molar-refractivity contribution in [3.63, 3.8) is 0 Å². The van der Waals surface area contributed by atoms with E-state index >= 15 is 0 Å². The number of nitrogens with zero attached hydrogens (tertiary/aromatic N) is 2. The number of nitrogens with one attached hydrogen (secondary N) is 2. The van der Waals surface area contributed by atoms with Crippen molar-refractivity contribution in [3.05, 3.63) is 33.8 Å². The fourth-order valence-electron chi connectivity index (χ4n) is 2.75. The normalized spacial score (nSPS) is 20.6. The number of aliphatic hydroxyl groups is 1. The lowest BCUT2D eigenvalue weighted by Gasteiger charge is -2.22. The lowest BCUT2D eigenvalue weighted by molar-refractivity contribution is 0.181. The van der Waals surface area contributed by atoms with Crippen LogP contribution < -0.4 is 10.6 Å². The Hall–Kier alpha value is -1.01. The van der Waals surface area contributed by atoms with Crippen molar-refractivity contribution in [1.82, 2.24) is 15.5 Å². The zero-order chi connectivity index (χ0) is 16.8. The van der Waals surface area contributed by atoms with Gasteiger partial charge in [0.05, 0.1) is 6.10 Å². The van der Waals surface area contributed by atoms with E-state index in [1.54, 1.807) is 25.2 Å². The number of hydrogen-bond acceptors (Lipinski definition) is 3. The predicted molar refractivity (Wildman–Crippen MR) is 96.4 cm³/mol. The van der Waals surface area contributed by atoms with Crippen LogP contribution >= 0.6 is 23.2 Å². The maximum Gasteiger partial charge on any atom is 0.191 e. The Morgan fingerprint density at radius 2 is 2.04 bits per heavy atom. The number of guanidine groups is 1. The molecular weight excluding hydrogens is 335 g/mol. The highest BCUT2D eigenvalue weighted by atomic mass is 35.5. The van der Waals surface area contributed by atoms with Crippen molar-refractivity contribution in [2.24, 2.45) is 4.99 Å². The fraction of sp³-hybridized carbons (Fsp3) is 0.562. The third kappa shape index (κ3) is 5.53. The third-order valence-corrected chi connectivity index (χ3v) is 4.57. The van der Waals surface area contributed by atoms with Crippen LogP contribution in [0.15, 0.2) is 23.2 Å². The van der Waals surface area contributed by atoms with E-state index in [1.807, 2.05) is 0 Å². The molecular formula is C16H24Cl2N4O. The second kappa shape index (κ2) is 8.73. The second-order valence-corrected chi connectivity index (χ2v) is 6.70. The summed E-state index contributed by atoms with van der Waals surface area (Å²) in [5.74, 6) is 0.678. The van der Waals surface area contributed by atoms with Crippen LogP contribution in [-0.4, -0.2) is 55.7 Å². The van der Waals surface area contributed by atoms with E-state index in [4.69, 9.17) is 23.2 Å². The summed E-state index contributed by atoms with van der Waals surface area (Å²) < 4.78 is 0. The van der Waals surface area contributed by atoms with Gasteiger partial charge >= 0.3 is 0 Å². The Kier molecular flexibility index (Phi) is 6.96. The van der Waals surface area contributed by atoms with Gasteiger partial charge < -0.3 is 20.6 Å². The molecule has 128 valence electrons. The van der Waals surface area contributed by atoms with E-state index in [0.29, 0.717) is 34.2 Å². The van der Waals surface area contributed by atoms with Crippen LogP contribution in [0.2, 0.25) is 10.0 Å². The minimum absolute atomic E-state index is 0.330. The molecule has 0 amide bonds. The highest BCUT2D eigenvalue weighted by molar-refractivity contribution is 6.34. The SMILES string of the molecule is CN=C(NCC(O)c1cc(Cl)cc(Cl)c1)NCC1CCCN1C. The molecule has 5 nitrogen and oxygen atoms in total. The first kappa shape index (κ1) is 18.3. The molecule has 2 unspecified atom stereocenters. The zero-order valence-corrected chi connectivity index (χ0v) is 15.0. The zero-order valence-electron chi connectivity index (χ0n) is 13.5. The van der Waals surface area contributed by atoms with Gasteiger partial charge in [0.2, 0.25) is 0 Å². The molecule has 1 aromatic rings. The first-order valence-corrected chi connectivity index (χ1v) is 8.54. The van der Waals surface area contributed by atoms with E-state index in [2.05, 4.69) is 27.6 Å². The molecule has 0 saturated carbocycles. The van der Waals surface area contributed by atoms with Crippen LogP contribution in [0.4, 0.5) is 0 Å². The molecule has 0 aliphatic carbocycles. The first-order chi connectivity index (χ1) is 11.0. The van der Waals surface area contributed by atoms with Crippen molar-refractivity contribution in [2.75, 3.05) is 33.7 Å². The van der Waals surface area contributed by atoms with Crippen LogP contribution in [0.5, 0.6) is 0 Å². The summed E-state index contributed by atoms with van der Waals surface area (Å²) in [6.07, 6.45) is 1.73. The summed E-state index contributed by atoms with van der Waals surface area (Å²) in [6.45, 7) is 2.32. The molecule has 1 aliphatic heterocycles. The van der Waals surface area contributed by atoms with Gasteiger partial charge in [-0.25, -0.2) is 0 Å². The average Bonchev–Trinajstić information content (AvgIpc) is 2.91. The van der Waals surface area contributed by atoms with E-state index in [-0.39, 0.29) is 0 Å². The monoisotopic (exact) mass is 358 g/mol. The number of aliphatic hydroxyl groups excluding tert-OH is 1. The van der Waals surface area contributed by atoms with Gasteiger partial charge in [0.1, 0.15) is 0 Å². The topological polar surface area (TPSA) is 59.9 Å². The molecule has 2 atom stereocenters. The molecule has 2 rings (SSSR count). The van der Waals surface area contributed by atoms with E-state index < -0.39 is 6.10 Å². The van der Waals surface area contributed by atoms with Crippen LogP contribution in [0.3, 0.4) is 0 Å². The summed E-state index contributed by atoms with van der Waals surface area (Å²) in [4.78, 5) is 6.54. The molecule has 1 aliphatic rings. The maximum absolute atomic E-state index is 10.3. The quantitative estimate of drug-likeness (QED) is 0.558. The molecule has 7 heteroatoms. The highest BCUT2D eigenvalue weighted by Gasteiger charge is 2.20.